The zero-order valence-corrected chi connectivity index (χ0v) is 14.8. The highest BCUT2D eigenvalue weighted by Gasteiger charge is 2.09. The van der Waals surface area contributed by atoms with Gasteiger partial charge in [0.25, 0.3) is 0 Å². The van der Waals surface area contributed by atoms with Crippen LogP contribution < -0.4 is 5.32 Å². The lowest BCUT2D eigenvalue weighted by Gasteiger charge is -2.16. The molecular weight excluding hydrogens is 312 g/mol. The minimum atomic E-state index is 0. The number of hydrogen-bond donors (Lipinski definition) is 1. The van der Waals surface area contributed by atoms with Gasteiger partial charge in [0.1, 0.15) is 0 Å². The van der Waals surface area contributed by atoms with E-state index in [-0.39, 0.29) is 18.3 Å². The van der Waals surface area contributed by atoms with Gasteiger partial charge in [-0.1, -0.05) is 30.3 Å². The van der Waals surface area contributed by atoms with E-state index in [0.717, 1.165) is 30.8 Å². The van der Waals surface area contributed by atoms with Crippen LogP contribution in [0.15, 0.2) is 36.4 Å². The summed E-state index contributed by atoms with van der Waals surface area (Å²) in [6.45, 7) is 1.13. The molecule has 1 aromatic heterocycles. The Hall–Kier alpha value is -1.85. The van der Waals surface area contributed by atoms with Crippen LogP contribution in [-0.4, -0.2) is 47.8 Å². The summed E-state index contributed by atoms with van der Waals surface area (Å²) < 4.78 is 1.92. The van der Waals surface area contributed by atoms with E-state index in [1.165, 1.54) is 5.56 Å². The summed E-state index contributed by atoms with van der Waals surface area (Å²) in [6, 6.07) is 12.4. The van der Waals surface area contributed by atoms with E-state index in [0.29, 0.717) is 6.54 Å². The van der Waals surface area contributed by atoms with Crippen LogP contribution in [0.1, 0.15) is 12.1 Å². The van der Waals surface area contributed by atoms with Crippen molar-refractivity contribution in [2.75, 3.05) is 27.2 Å². The summed E-state index contributed by atoms with van der Waals surface area (Å²) in [4.78, 5) is 13.4. The van der Waals surface area contributed by atoms with Gasteiger partial charge in [-0.25, -0.2) is 0 Å². The molecule has 0 atom stereocenters. The summed E-state index contributed by atoms with van der Waals surface area (Å²) in [5, 5.41) is 7.44. The zero-order valence-electron chi connectivity index (χ0n) is 14.0. The SMILES string of the molecule is CNCC(=O)N(C)CCCc1cc(-c2ccccc2)n(C)n1.Cl. The van der Waals surface area contributed by atoms with Crippen LogP contribution in [0, 0.1) is 0 Å². The van der Waals surface area contributed by atoms with Gasteiger partial charge < -0.3 is 10.2 Å². The molecule has 5 nitrogen and oxygen atoms in total. The van der Waals surface area contributed by atoms with Crippen molar-refractivity contribution in [3.63, 3.8) is 0 Å². The fourth-order valence-electron chi connectivity index (χ4n) is 2.44. The van der Waals surface area contributed by atoms with Crippen LogP contribution >= 0.6 is 12.4 Å². The van der Waals surface area contributed by atoms with Crippen LogP contribution in [-0.2, 0) is 18.3 Å². The monoisotopic (exact) mass is 336 g/mol. The molecule has 0 aliphatic rings. The van der Waals surface area contributed by atoms with E-state index in [9.17, 15) is 4.79 Å². The number of hydrogen-bond acceptors (Lipinski definition) is 3. The predicted molar refractivity (Wildman–Crippen MR) is 95.8 cm³/mol. The summed E-state index contributed by atoms with van der Waals surface area (Å²) in [7, 11) is 5.59. The van der Waals surface area contributed by atoms with Crippen molar-refractivity contribution in [3.05, 3.63) is 42.1 Å². The summed E-state index contributed by atoms with van der Waals surface area (Å²) >= 11 is 0. The third kappa shape index (κ3) is 5.37. The third-order valence-corrected chi connectivity index (χ3v) is 3.68. The van der Waals surface area contributed by atoms with Crippen molar-refractivity contribution in [1.29, 1.82) is 0 Å². The second-order valence-electron chi connectivity index (χ2n) is 5.46. The number of amides is 1. The predicted octanol–water partition coefficient (Wildman–Crippen LogP) is 2.12. The van der Waals surface area contributed by atoms with Crippen LogP contribution in [0.5, 0.6) is 0 Å². The maximum absolute atomic E-state index is 11.7. The molecule has 23 heavy (non-hydrogen) atoms. The topological polar surface area (TPSA) is 50.2 Å². The molecule has 0 radical (unpaired) electrons. The first-order valence-corrected chi connectivity index (χ1v) is 7.58. The molecule has 1 N–H and O–H groups in total. The summed E-state index contributed by atoms with van der Waals surface area (Å²) in [5.41, 5.74) is 3.36. The van der Waals surface area contributed by atoms with Crippen molar-refractivity contribution in [3.8, 4) is 11.3 Å². The molecule has 0 saturated heterocycles. The van der Waals surface area contributed by atoms with Gasteiger partial charge in [0, 0.05) is 20.6 Å². The highest BCUT2D eigenvalue weighted by Crippen LogP contribution is 2.19. The Labute approximate surface area is 144 Å². The van der Waals surface area contributed by atoms with E-state index in [1.807, 2.05) is 37.0 Å². The van der Waals surface area contributed by atoms with Crippen molar-refractivity contribution in [1.82, 2.24) is 20.0 Å². The van der Waals surface area contributed by atoms with Gasteiger partial charge in [0.05, 0.1) is 17.9 Å². The summed E-state index contributed by atoms with van der Waals surface area (Å²) in [6.07, 6.45) is 1.79. The Morgan fingerprint density at radius 2 is 2.00 bits per heavy atom. The molecule has 2 rings (SSSR count). The standard InChI is InChI=1S/C17H24N4O.ClH/c1-18-13-17(22)20(2)11-7-10-15-12-16(21(3)19-15)14-8-5-4-6-9-14;/h4-6,8-9,12,18H,7,10-11,13H2,1-3H3;1H. The van der Waals surface area contributed by atoms with E-state index >= 15 is 0 Å². The fraction of sp³-hybridized carbons (Fsp3) is 0.412. The Morgan fingerprint density at radius 1 is 1.30 bits per heavy atom. The first-order valence-electron chi connectivity index (χ1n) is 7.58. The minimum Gasteiger partial charge on any atom is -0.345 e. The third-order valence-electron chi connectivity index (χ3n) is 3.68. The molecule has 1 aromatic carbocycles. The number of carbonyl (C=O) groups is 1. The van der Waals surface area contributed by atoms with Crippen LogP contribution in [0.2, 0.25) is 0 Å². The number of likely N-dealkylation sites (N-methyl/N-ethyl adjacent to an activating group) is 2. The lowest BCUT2D eigenvalue weighted by atomic mass is 10.1. The van der Waals surface area contributed by atoms with Gasteiger partial charge in [0.15, 0.2) is 0 Å². The second-order valence-corrected chi connectivity index (χ2v) is 5.46. The van der Waals surface area contributed by atoms with E-state index in [1.54, 1.807) is 11.9 Å². The van der Waals surface area contributed by atoms with Crippen molar-refractivity contribution in [2.24, 2.45) is 7.05 Å². The van der Waals surface area contributed by atoms with E-state index in [2.05, 4.69) is 28.6 Å². The van der Waals surface area contributed by atoms with Crippen LogP contribution in [0.3, 0.4) is 0 Å². The Kier molecular flexibility index (Phi) is 7.78. The van der Waals surface area contributed by atoms with Crippen LogP contribution in [0.25, 0.3) is 11.3 Å². The number of carbonyl (C=O) groups excluding carboxylic acids is 1. The second kappa shape index (κ2) is 9.33. The first kappa shape index (κ1) is 19.2. The molecular formula is C17H25ClN4O. The number of rotatable bonds is 7. The van der Waals surface area contributed by atoms with Gasteiger partial charge >= 0.3 is 0 Å². The van der Waals surface area contributed by atoms with Gasteiger partial charge in [-0.2, -0.15) is 5.10 Å². The van der Waals surface area contributed by atoms with Crippen molar-refractivity contribution in [2.45, 2.75) is 12.8 Å². The molecule has 1 amide bonds. The molecule has 6 heteroatoms. The molecule has 1 heterocycles. The first-order chi connectivity index (χ1) is 10.6. The van der Waals surface area contributed by atoms with Crippen molar-refractivity contribution < 1.29 is 4.79 Å². The van der Waals surface area contributed by atoms with Gasteiger partial charge in [-0.3, -0.25) is 9.48 Å². The van der Waals surface area contributed by atoms with Gasteiger partial charge in [-0.15, -0.1) is 12.4 Å². The largest absolute Gasteiger partial charge is 0.345 e. The molecule has 0 spiro atoms. The molecule has 0 bridgehead atoms. The molecule has 0 aliphatic carbocycles. The minimum absolute atomic E-state index is 0. The number of benzene rings is 1. The highest BCUT2D eigenvalue weighted by atomic mass is 35.5. The Bertz CT molecular complexity index is 612. The molecule has 0 aliphatic heterocycles. The average Bonchev–Trinajstić information content (AvgIpc) is 2.89. The van der Waals surface area contributed by atoms with Gasteiger partial charge in [-0.05, 0) is 31.5 Å². The lowest BCUT2D eigenvalue weighted by molar-refractivity contribution is -0.128. The zero-order chi connectivity index (χ0) is 15.9. The van der Waals surface area contributed by atoms with E-state index in [4.69, 9.17) is 0 Å². The maximum Gasteiger partial charge on any atom is 0.236 e. The molecule has 126 valence electrons. The van der Waals surface area contributed by atoms with Crippen LogP contribution in [0.4, 0.5) is 0 Å². The quantitative estimate of drug-likeness (QED) is 0.842. The molecule has 0 fully saturated rings. The lowest BCUT2D eigenvalue weighted by Crippen LogP contribution is -2.34. The maximum atomic E-state index is 11.7. The number of aromatic nitrogens is 2. The Morgan fingerprint density at radius 3 is 2.65 bits per heavy atom. The normalized spacial score (nSPS) is 10.2. The number of nitrogens with zero attached hydrogens (tertiary/aromatic N) is 3. The smallest absolute Gasteiger partial charge is 0.236 e. The number of aryl methyl sites for hydroxylation is 2. The highest BCUT2D eigenvalue weighted by molar-refractivity contribution is 5.85. The molecule has 2 aromatic rings. The average molecular weight is 337 g/mol. The van der Waals surface area contributed by atoms with Gasteiger partial charge in [0.2, 0.25) is 5.91 Å². The molecule has 0 saturated carbocycles. The summed E-state index contributed by atoms with van der Waals surface area (Å²) in [5.74, 6) is 0.119. The fourth-order valence-corrected chi connectivity index (χ4v) is 2.44. The Balaban J connectivity index is 0.00000264. The van der Waals surface area contributed by atoms with Crippen molar-refractivity contribution >= 4 is 18.3 Å². The van der Waals surface area contributed by atoms with E-state index < -0.39 is 0 Å². The number of halogens is 1. The molecule has 0 unspecified atom stereocenters. The number of nitrogens with one attached hydrogen (secondary N) is 1.